The number of benzene rings is 1. The lowest BCUT2D eigenvalue weighted by atomic mass is 10.1. The summed E-state index contributed by atoms with van der Waals surface area (Å²) in [4.78, 5) is 11.6. The lowest BCUT2D eigenvalue weighted by Gasteiger charge is -1.99. The maximum absolute atomic E-state index is 11.0. The Kier molecular flexibility index (Phi) is 3.28. The molecule has 0 aliphatic rings. The van der Waals surface area contributed by atoms with Crippen LogP contribution in [0.25, 0.3) is 10.4 Å². The van der Waals surface area contributed by atoms with Gasteiger partial charge in [-0.3, -0.25) is 0 Å². The summed E-state index contributed by atoms with van der Waals surface area (Å²) in [6.07, 6.45) is 0. The lowest BCUT2D eigenvalue weighted by Crippen LogP contribution is -1.96. The summed E-state index contributed by atoms with van der Waals surface area (Å²) in [6, 6.07) is 7.32. The van der Waals surface area contributed by atoms with Crippen molar-refractivity contribution in [1.29, 1.82) is 0 Å². The quantitative estimate of drug-likeness (QED) is 0.913. The van der Waals surface area contributed by atoms with Crippen LogP contribution in [-0.4, -0.2) is 15.4 Å². The number of halogens is 2. The van der Waals surface area contributed by atoms with E-state index in [-0.39, 0.29) is 10.7 Å². The topological polar surface area (TPSA) is 50.2 Å². The second-order valence-corrected chi connectivity index (χ2v) is 5.04. The predicted molar refractivity (Wildman–Crippen MR) is 67.2 cm³/mol. The van der Waals surface area contributed by atoms with Crippen molar-refractivity contribution in [1.82, 2.24) is 4.37 Å². The average Bonchev–Trinajstić information content (AvgIpc) is 2.61. The van der Waals surface area contributed by atoms with E-state index >= 15 is 0 Å². The van der Waals surface area contributed by atoms with Crippen LogP contribution < -0.4 is 0 Å². The van der Waals surface area contributed by atoms with Gasteiger partial charge in [-0.25, -0.2) is 4.79 Å². The summed E-state index contributed by atoms with van der Waals surface area (Å²) >= 11 is 10.1. The molecule has 1 N–H and O–H groups in total. The SMILES string of the molecule is O=C(O)c1c(Cl)nsc1-c1ccc(Br)cc1. The second kappa shape index (κ2) is 4.53. The highest BCUT2D eigenvalue weighted by atomic mass is 79.9. The zero-order valence-electron chi connectivity index (χ0n) is 7.78. The van der Waals surface area contributed by atoms with Crippen LogP contribution >= 0.6 is 39.1 Å². The molecule has 2 rings (SSSR count). The van der Waals surface area contributed by atoms with Crippen LogP contribution in [0.15, 0.2) is 28.7 Å². The molecule has 0 unspecified atom stereocenters. The highest BCUT2D eigenvalue weighted by Crippen LogP contribution is 2.33. The Hall–Kier alpha value is -0.910. The molecule has 0 saturated heterocycles. The number of carboxylic acids is 1. The van der Waals surface area contributed by atoms with Gasteiger partial charge in [-0.15, -0.1) is 0 Å². The van der Waals surface area contributed by atoms with Gasteiger partial charge in [0.15, 0.2) is 5.15 Å². The summed E-state index contributed by atoms with van der Waals surface area (Å²) in [5.41, 5.74) is 0.860. The van der Waals surface area contributed by atoms with E-state index in [1.807, 2.05) is 24.3 Å². The Labute approximate surface area is 109 Å². The van der Waals surface area contributed by atoms with Gasteiger partial charge in [0.05, 0.1) is 4.88 Å². The van der Waals surface area contributed by atoms with Crippen molar-refractivity contribution < 1.29 is 9.90 Å². The summed E-state index contributed by atoms with van der Waals surface area (Å²) in [6.45, 7) is 0. The van der Waals surface area contributed by atoms with E-state index in [1.54, 1.807) is 0 Å². The molecule has 0 radical (unpaired) electrons. The first-order chi connectivity index (χ1) is 7.59. The first kappa shape index (κ1) is 11.6. The third-order valence-electron chi connectivity index (χ3n) is 1.97. The van der Waals surface area contributed by atoms with Gasteiger partial charge in [-0.05, 0) is 29.2 Å². The Morgan fingerprint density at radius 3 is 2.56 bits per heavy atom. The van der Waals surface area contributed by atoms with Crippen LogP contribution in [-0.2, 0) is 0 Å². The number of carbonyl (C=O) groups is 1. The Morgan fingerprint density at radius 2 is 2.00 bits per heavy atom. The average molecular weight is 319 g/mol. The van der Waals surface area contributed by atoms with E-state index in [1.165, 1.54) is 0 Å². The van der Waals surface area contributed by atoms with Crippen molar-refractivity contribution in [2.75, 3.05) is 0 Å². The molecule has 0 saturated carbocycles. The number of rotatable bonds is 2. The molecule has 0 atom stereocenters. The Bertz CT molecular complexity index is 538. The van der Waals surface area contributed by atoms with Crippen LogP contribution in [0.1, 0.15) is 10.4 Å². The minimum Gasteiger partial charge on any atom is -0.478 e. The normalized spacial score (nSPS) is 10.4. The number of hydrogen-bond acceptors (Lipinski definition) is 3. The van der Waals surface area contributed by atoms with Crippen LogP contribution in [0.5, 0.6) is 0 Å². The van der Waals surface area contributed by atoms with E-state index in [4.69, 9.17) is 16.7 Å². The number of nitrogens with zero attached hydrogens (tertiary/aromatic N) is 1. The monoisotopic (exact) mass is 317 g/mol. The van der Waals surface area contributed by atoms with E-state index in [0.29, 0.717) is 4.88 Å². The van der Waals surface area contributed by atoms with Gasteiger partial charge < -0.3 is 5.11 Å². The van der Waals surface area contributed by atoms with E-state index in [2.05, 4.69) is 20.3 Å². The standard InChI is InChI=1S/C10H5BrClNO2S/c11-6-3-1-5(2-4-6)8-7(10(14)15)9(12)13-16-8/h1-4H,(H,14,15). The number of hydrogen-bond donors (Lipinski definition) is 1. The summed E-state index contributed by atoms with van der Waals surface area (Å²) < 4.78 is 4.79. The van der Waals surface area contributed by atoms with E-state index < -0.39 is 5.97 Å². The first-order valence-electron chi connectivity index (χ1n) is 4.24. The Balaban J connectivity index is 2.56. The summed E-state index contributed by atoms with van der Waals surface area (Å²) in [7, 11) is 0. The van der Waals surface area contributed by atoms with E-state index in [9.17, 15) is 4.79 Å². The number of carboxylic acid groups (broad SMARTS) is 1. The fourth-order valence-electron chi connectivity index (χ4n) is 1.25. The highest BCUT2D eigenvalue weighted by Gasteiger charge is 2.19. The molecule has 0 amide bonds. The fourth-order valence-corrected chi connectivity index (χ4v) is 2.63. The van der Waals surface area contributed by atoms with Gasteiger partial charge in [0.25, 0.3) is 0 Å². The molecule has 0 aliphatic heterocycles. The molecule has 6 heteroatoms. The fraction of sp³-hybridized carbons (Fsp3) is 0. The molecule has 0 fully saturated rings. The third kappa shape index (κ3) is 2.11. The first-order valence-corrected chi connectivity index (χ1v) is 6.18. The summed E-state index contributed by atoms with van der Waals surface area (Å²) in [5.74, 6) is -1.06. The van der Waals surface area contributed by atoms with Crippen molar-refractivity contribution in [3.8, 4) is 10.4 Å². The molecular weight excluding hydrogens is 314 g/mol. The largest absolute Gasteiger partial charge is 0.478 e. The smallest absolute Gasteiger partial charge is 0.340 e. The highest BCUT2D eigenvalue weighted by molar-refractivity contribution is 9.10. The van der Waals surface area contributed by atoms with Gasteiger partial charge in [0.2, 0.25) is 0 Å². The van der Waals surface area contributed by atoms with Crippen LogP contribution in [0, 0.1) is 0 Å². The summed E-state index contributed by atoms with van der Waals surface area (Å²) in [5, 5.41) is 9.06. The molecular formula is C10H5BrClNO2S. The zero-order valence-corrected chi connectivity index (χ0v) is 10.9. The second-order valence-electron chi connectivity index (χ2n) is 2.99. The van der Waals surface area contributed by atoms with Crippen molar-refractivity contribution in [3.05, 3.63) is 39.5 Å². The van der Waals surface area contributed by atoms with Crippen molar-refractivity contribution >= 4 is 45.0 Å². The van der Waals surface area contributed by atoms with E-state index in [0.717, 1.165) is 21.6 Å². The van der Waals surface area contributed by atoms with Crippen molar-refractivity contribution in [2.45, 2.75) is 0 Å². The third-order valence-corrected chi connectivity index (χ3v) is 3.77. The van der Waals surface area contributed by atoms with Crippen LogP contribution in [0.2, 0.25) is 5.15 Å². The van der Waals surface area contributed by atoms with Crippen LogP contribution in [0.3, 0.4) is 0 Å². The molecule has 16 heavy (non-hydrogen) atoms. The van der Waals surface area contributed by atoms with Crippen molar-refractivity contribution in [2.24, 2.45) is 0 Å². The van der Waals surface area contributed by atoms with Crippen molar-refractivity contribution in [3.63, 3.8) is 0 Å². The molecule has 3 nitrogen and oxygen atoms in total. The molecule has 1 aromatic heterocycles. The molecule has 0 aliphatic carbocycles. The maximum atomic E-state index is 11.0. The minimum absolute atomic E-state index is 0.0374. The van der Waals surface area contributed by atoms with Gasteiger partial charge in [-0.2, -0.15) is 4.37 Å². The number of aromatic carboxylic acids is 1. The molecule has 0 bridgehead atoms. The molecule has 82 valence electrons. The van der Waals surface area contributed by atoms with Gasteiger partial charge >= 0.3 is 5.97 Å². The zero-order chi connectivity index (χ0) is 11.7. The molecule has 2 aromatic rings. The molecule has 1 aromatic carbocycles. The van der Waals surface area contributed by atoms with Gasteiger partial charge in [-0.1, -0.05) is 39.7 Å². The Morgan fingerprint density at radius 1 is 1.38 bits per heavy atom. The predicted octanol–water partition coefficient (Wildman–Crippen LogP) is 3.92. The van der Waals surface area contributed by atoms with Gasteiger partial charge in [0.1, 0.15) is 5.56 Å². The molecule has 0 spiro atoms. The van der Waals surface area contributed by atoms with Crippen LogP contribution in [0.4, 0.5) is 0 Å². The van der Waals surface area contributed by atoms with Gasteiger partial charge in [0, 0.05) is 4.47 Å². The number of aromatic nitrogens is 1. The lowest BCUT2D eigenvalue weighted by molar-refractivity contribution is 0.0698. The molecule has 1 heterocycles. The minimum atomic E-state index is -1.06. The maximum Gasteiger partial charge on any atom is 0.340 e.